The molecule has 1 aromatic heterocycles. The van der Waals surface area contributed by atoms with Gasteiger partial charge in [-0.2, -0.15) is 18.0 Å². The van der Waals surface area contributed by atoms with Crippen molar-refractivity contribution in [3.63, 3.8) is 0 Å². The molecule has 9 heteroatoms. The number of aromatic nitrogens is 4. The van der Waals surface area contributed by atoms with Crippen LogP contribution in [0.1, 0.15) is 25.3 Å². The normalized spacial score (nSPS) is 16.0. The summed E-state index contributed by atoms with van der Waals surface area (Å²) in [6.45, 7) is 1.82. The van der Waals surface area contributed by atoms with Gasteiger partial charge in [-0.3, -0.25) is 4.79 Å². The minimum atomic E-state index is -4.44. The molecule has 0 bridgehead atoms. The largest absolute Gasteiger partial charge is 0.416 e. The zero-order valence-electron chi connectivity index (χ0n) is 12.9. The van der Waals surface area contributed by atoms with Gasteiger partial charge in [-0.1, -0.05) is 12.1 Å². The summed E-state index contributed by atoms with van der Waals surface area (Å²) in [5, 5.41) is 14.3. The minimum absolute atomic E-state index is 0.0455. The average Bonchev–Trinajstić information content (AvgIpc) is 3.27. The molecule has 1 aromatic carbocycles. The Morgan fingerprint density at radius 2 is 2.17 bits per heavy atom. The number of tetrazole rings is 1. The molecule has 1 aliphatic rings. The molecule has 0 saturated heterocycles. The SMILES string of the molecule is C[C@@H](NC(=O)Cn1nnc(-c2cccc(C(F)(F)F)c2)n1)C1CC1. The van der Waals surface area contributed by atoms with E-state index in [1.807, 2.05) is 6.92 Å². The molecule has 6 nitrogen and oxygen atoms in total. The summed E-state index contributed by atoms with van der Waals surface area (Å²) in [7, 11) is 0. The highest BCUT2D eigenvalue weighted by Crippen LogP contribution is 2.32. The molecule has 0 radical (unpaired) electrons. The van der Waals surface area contributed by atoms with Crippen molar-refractivity contribution < 1.29 is 18.0 Å². The summed E-state index contributed by atoms with van der Waals surface area (Å²) in [5.41, 5.74) is -0.588. The fraction of sp³-hybridized carbons (Fsp3) is 0.467. The second kappa shape index (κ2) is 6.21. The van der Waals surface area contributed by atoms with Crippen molar-refractivity contribution in [2.75, 3.05) is 0 Å². The Morgan fingerprint density at radius 1 is 1.42 bits per heavy atom. The molecule has 1 fully saturated rings. The Kier molecular flexibility index (Phi) is 4.25. The zero-order chi connectivity index (χ0) is 17.3. The van der Waals surface area contributed by atoms with Gasteiger partial charge in [0.25, 0.3) is 0 Å². The number of carbonyl (C=O) groups is 1. The molecule has 1 saturated carbocycles. The topological polar surface area (TPSA) is 72.7 Å². The Bertz CT molecular complexity index is 739. The standard InChI is InChI=1S/C15H16F3N5O/c1-9(10-5-6-10)19-13(24)8-23-21-14(20-22-23)11-3-2-4-12(7-11)15(16,17)18/h2-4,7,9-10H,5-6,8H2,1H3,(H,19,24)/t9-/m1/s1. The van der Waals surface area contributed by atoms with E-state index < -0.39 is 11.7 Å². The summed E-state index contributed by atoms with van der Waals surface area (Å²) in [6.07, 6.45) is -2.21. The van der Waals surface area contributed by atoms with Gasteiger partial charge >= 0.3 is 6.18 Å². The van der Waals surface area contributed by atoms with Gasteiger partial charge in [0, 0.05) is 11.6 Å². The van der Waals surface area contributed by atoms with Crippen molar-refractivity contribution in [2.24, 2.45) is 5.92 Å². The predicted molar refractivity (Wildman–Crippen MR) is 78.6 cm³/mol. The number of hydrogen-bond acceptors (Lipinski definition) is 4. The number of carbonyl (C=O) groups excluding carboxylic acids is 1. The van der Waals surface area contributed by atoms with Crippen molar-refractivity contribution in [3.05, 3.63) is 29.8 Å². The summed E-state index contributed by atoms with van der Waals surface area (Å²) in [5.74, 6) is 0.324. The van der Waals surface area contributed by atoms with E-state index in [2.05, 4.69) is 20.7 Å². The third-order valence-electron chi connectivity index (χ3n) is 3.90. The maximum Gasteiger partial charge on any atom is 0.416 e. The van der Waals surface area contributed by atoms with Crippen LogP contribution in [-0.4, -0.2) is 32.2 Å². The van der Waals surface area contributed by atoms with Gasteiger partial charge in [0.05, 0.1) is 5.56 Å². The molecule has 0 aliphatic heterocycles. The Morgan fingerprint density at radius 3 is 2.83 bits per heavy atom. The van der Waals surface area contributed by atoms with E-state index >= 15 is 0 Å². The van der Waals surface area contributed by atoms with Crippen LogP contribution in [0.15, 0.2) is 24.3 Å². The molecule has 0 spiro atoms. The summed E-state index contributed by atoms with van der Waals surface area (Å²) >= 11 is 0. The first-order chi connectivity index (χ1) is 11.3. The van der Waals surface area contributed by atoms with E-state index in [1.165, 1.54) is 12.1 Å². The first-order valence-corrected chi connectivity index (χ1v) is 7.58. The molecule has 1 heterocycles. The van der Waals surface area contributed by atoms with Crippen molar-refractivity contribution in [3.8, 4) is 11.4 Å². The molecular weight excluding hydrogens is 323 g/mol. The molecule has 1 aliphatic carbocycles. The molecule has 0 unspecified atom stereocenters. The highest BCUT2D eigenvalue weighted by molar-refractivity contribution is 5.75. The monoisotopic (exact) mass is 339 g/mol. The van der Waals surface area contributed by atoms with Crippen LogP contribution in [0.2, 0.25) is 0 Å². The minimum Gasteiger partial charge on any atom is -0.352 e. The summed E-state index contributed by atoms with van der Waals surface area (Å²) < 4.78 is 38.2. The molecular formula is C15H16F3N5O. The first kappa shape index (κ1) is 16.4. The maximum absolute atomic E-state index is 12.7. The van der Waals surface area contributed by atoms with Crippen LogP contribution in [0.4, 0.5) is 13.2 Å². The third-order valence-corrected chi connectivity index (χ3v) is 3.90. The van der Waals surface area contributed by atoms with E-state index in [0.717, 1.165) is 29.8 Å². The molecule has 1 N–H and O–H groups in total. The van der Waals surface area contributed by atoms with Crippen LogP contribution in [0.25, 0.3) is 11.4 Å². The Labute approximate surface area is 136 Å². The number of rotatable bonds is 5. The molecule has 1 amide bonds. The first-order valence-electron chi connectivity index (χ1n) is 7.58. The van der Waals surface area contributed by atoms with E-state index in [4.69, 9.17) is 0 Å². The predicted octanol–water partition coefficient (Wildman–Crippen LogP) is 2.27. The number of benzene rings is 1. The van der Waals surface area contributed by atoms with E-state index in [9.17, 15) is 18.0 Å². The zero-order valence-corrected chi connectivity index (χ0v) is 12.9. The fourth-order valence-corrected chi connectivity index (χ4v) is 2.40. The summed E-state index contributed by atoms with van der Waals surface area (Å²) in [4.78, 5) is 13.0. The molecule has 1 atom stereocenters. The van der Waals surface area contributed by atoms with Crippen LogP contribution < -0.4 is 5.32 Å². The molecule has 3 rings (SSSR count). The van der Waals surface area contributed by atoms with Gasteiger partial charge < -0.3 is 5.32 Å². The van der Waals surface area contributed by atoms with E-state index in [1.54, 1.807) is 0 Å². The van der Waals surface area contributed by atoms with Gasteiger partial charge in [-0.25, -0.2) is 0 Å². The van der Waals surface area contributed by atoms with Crippen LogP contribution in [0, 0.1) is 5.92 Å². The van der Waals surface area contributed by atoms with E-state index in [0.29, 0.717) is 5.92 Å². The van der Waals surface area contributed by atoms with Gasteiger partial charge in [0.2, 0.25) is 11.7 Å². The van der Waals surface area contributed by atoms with Crippen LogP contribution in [0.3, 0.4) is 0 Å². The van der Waals surface area contributed by atoms with Crippen molar-refractivity contribution in [2.45, 2.75) is 38.5 Å². The molecule has 24 heavy (non-hydrogen) atoms. The highest BCUT2D eigenvalue weighted by atomic mass is 19.4. The Hall–Kier alpha value is -2.45. The van der Waals surface area contributed by atoms with Crippen molar-refractivity contribution in [1.29, 1.82) is 0 Å². The van der Waals surface area contributed by atoms with Crippen molar-refractivity contribution >= 4 is 5.91 Å². The summed E-state index contributed by atoms with van der Waals surface area (Å²) in [6, 6.07) is 4.77. The lowest BCUT2D eigenvalue weighted by Gasteiger charge is -2.11. The smallest absolute Gasteiger partial charge is 0.352 e. The van der Waals surface area contributed by atoms with Crippen LogP contribution in [0.5, 0.6) is 0 Å². The van der Waals surface area contributed by atoms with Gasteiger partial charge in [0.1, 0.15) is 6.54 Å². The number of hydrogen-bond donors (Lipinski definition) is 1. The lowest BCUT2D eigenvalue weighted by atomic mass is 10.1. The van der Waals surface area contributed by atoms with Gasteiger partial charge in [-0.05, 0) is 43.0 Å². The quantitative estimate of drug-likeness (QED) is 0.907. The maximum atomic E-state index is 12.7. The van der Waals surface area contributed by atoms with Crippen LogP contribution >= 0.6 is 0 Å². The lowest BCUT2D eigenvalue weighted by Crippen LogP contribution is -2.36. The second-order valence-electron chi connectivity index (χ2n) is 5.92. The molecule has 128 valence electrons. The highest BCUT2D eigenvalue weighted by Gasteiger charge is 2.31. The van der Waals surface area contributed by atoms with Crippen LogP contribution in [-0.2, 0) is 17.5 Å². The Balaban J connectivity index is 1.68. The van der Waals surface area contributed by atoms with E-state index in [-0.39, 0.29) is 29.9 Å². The number of halogens is 3. The number of alkyl halides is 3. The molecule has 2 aromatic rings. The number of nitrogens with zero attached hydrogens (tertiary/aromatic N) is 4. The third kappa shape index (κ3) is 3.90. The fourth-order valence-electron chi connectivity index (χ4n) is 2.40. The van der Waals surface area contributed by atoms with Gasteiger partial charge in [-0.15, -0.1) is 10.2 Å². The van der Waals surface area contributed by atoms with Gasteiger partial charge in [0.15, 0.2) is 0 Å². The second-order valence-corrected chi connectivity index (χ2v) is 5.92. The number of nitrogens with one attached hydrogen (secondary N) is 1. The van der Waals surface area contributed by atoms with Crippen molar-refractivity contribution in [1.82, 2.24) is 25.5 Å². The average molecular weight is 339 g/mol. The number of amides is 1. The lowest BCUT2D eigenvalue weighted by molar-refractivity contribution is -0.137.